The van der Waals surface area contributed by atoms with Gasteiger partial charge in [-0.3, -0.25) is 4.79 Å². The maximum absolute atomic E-state index is 12.8. The fourth-order valence-corrected chi connectivity index (χ4v) is 4.15. The first-order valence-electron chi connectivity index (χ1n) is 7.70. The van der Waals surface area contributed by atoms with Crippen molar-refractivity contribution in [2.24, 2.45) is 0 Å². The van der Waals surface area contributed by atoms with E-state index in [-0.39, 0.29) is 12.4 Å². The molecule has 6 nitrogen and oxygen atoms in total. The third-order valence-corrected chi connectivity index (χ3v) is 5.29. The van der Waals surface area contributed by atoms with E-state index in [0.29, 0.717) is 35.5 Å². The summed E-state index contributed by atoms with van der Waals surface area (Å²) >= 11 is 1.69. The third kappa shape index (κ3) is 3.01. The summed E-state index contributed by atoms with van der Waals surface area (Å²) in [5, 5.41) is 13.1. The molecule has 1 amide bonds. The largest absolute Gasteiger partial charge is 0.480 e. The van der Waals surface area contributed by atoms with E-state index >= 15 is 0 Å². The molecular formula is C17H19NO5S. The fraction of sp³-hybridized carbons (Fsp3) is 0.412. The summed E-state index contributed by atoms with van der Waals surface area (Å²) in [5.74, 6) is 0.0277. The molecule has 1 aromatic carbocycles. The number of furan rings is 1. The second kappa shape index (κ2) is 6.86. The molecule has 0 aliphatic carbocycles. The van der Waals surface area contributed by atoms with Crippen LogP contribution in [-0.4, -0.2) is 41.1 Å². The number of aliphatic carboxylic acids is 1. The number of benzene rings is 1. The zero-order chi connectivity index (χ0) is 17.2. The fourth-order valence-electron chi connectivity index (χ4n) is 2.96. The third-order valence-electron chi connectivity index (χ3n) is 4.30. The predicted octanol–water partition coefficient (Wildman–Crippen LogP) is 2.66. The first-order valence-corrected chi connectivity index (χ1v) is 8.86. The number of para-hydroxylation sites is 1. The Morgan fingerprint density at radius 1 is 1.33 bits per heavy atom. The van der Waals surface area contributed by atoms with Gasteiger partial charge in [-0.05, 0) is 30.4 Å². The SMILES string of the molecule is COCc1c(C(=O)NC2(C(=O)O)CCSCC2)oc2ccccc12. The number of methoxy groups -OCH3 is 1. The molecule has 1 aliphatic rings. The van der Waals surface area contributed by atoms with Crippen LogP contribution in [0.5, 0.6) is 0 Å². The Hall–Kier alpha value is -1.99. The average Bonchev–Trinajstić information content (AvgIpc) is 2.95. The van der Waals surface area contributed by atoms with Crippen LogP contribution in [0.15, 0.2) is 28.7 Å². The van der Waals surface area contributed by atoms with E-state index in [1.807, 2.05) is 18.2 Å². The molecule has 7 heteroatoms. The van der Waals surface area contributed by atoms with Crippen molar-refractivity contribution < 1.29 is 23.8 Å². The first-order chi connectivity index (χ1) is 11.6. The molecule has 0 spiro atoms. The van der Waals surface area contributed by atoms with Crippen LogP contribution in [0.2, 0.25) is 0 Å². The summed E-state index contributed by atoms with van der Waals surface area (Å²) in [7, 11) is 1.54. The van der Waals surface area contributed by atoms with Gasteiger partial charge in [0.15, 0.2) is 5.76 Å². The molecule has 3 rings (SSSR count). The lowest BCUT2D eigenvalue weighted by molar-refractivity contribution is -0.144. The monoisotopic (exact) mass is 349 g/mol. The number of carbonyl (C=O) groups is 2. The van der Waals surface area contributed by atoms with Crippen molar-refractivity contribution in [1.29, 1.82) is 0 Å². The molecule has 0 radical (unpaired) electrons. The Kier molecular flexibility index (Phi) is 4.82. The molecule has 2 aromatic rings. The Labute approximate surface area is 143 Å². The number of hydrogen-bond donors (Lipinski definition) is 2. The van der Waals surface area contributed by atoms with Crippen molar-refractivity contribution >= 4 is 34.6 Å². The smallest absolute Gasteiger partial charge is 0.329 e. The van der Waals surface area contributed by atoms with E-state index in [2.05, 4.69) is 5.32 Å². The van der Waals surface area contributed by atoms with E-state index in [1.54, 1.807) is 24.9 Å². The van der Waals surface area contributed by atoms with Crippen molar-refractivity contribution in [2.45, 2.75) is 25.0 Å². The van der Waals surface area contributed by atoms with Gasteiger partial charge >= 0.3 is 5.97 Å². The van der Waals surface area contributed by atoms with Gasteiger partial charge in [0.2, 0.25) is 0 Å². The highest BCUT2D eigenvalue weighted by Crippen LogP contribution is 2.30. The Bertz CT molecular complexity index is 763. The van der Waals surface area contributed by atoms with E-state index in [9.17, 15) is 14.7 Å². The summed E-state index contributed by atoms with van der Waals surface area (Å²) in [4.78, 5) is 24.5. The van der Waals surface area contributed by atoms with Crippen LogP contribution in [0.3, 0.4) is 0 Å². The minimum Gasteiger partial charge on any atom is -0.480 e. The number of nitrogens with one attached hydrogen (secondary N) is 1. The minimum absolute atomic E-state index is 0.122. The normalized spacial score (nSPS) is 16.9. The van der Waals surface area contributed by atoms with Gasteiger partial charge in [0, 0.05) is 18.1 Å². The molecule has 0 unspecified atom stereocenters. The van der Waals surface area contributed by atoms with Gasteiger partial charge in [-0.15, -0.1) is 0 Å². The second-order valence-corrected chi connectivity index (χ2v) is 7.02. The van der Waals surface area contributed by atoms with Crippen molar-refractivity contribution in [2.75, 3.05) is 18.6 Å². The number of carboxylic acid groups (broad SMARTS) is 1. The van der Waals surface area contributed by atoms with Crippen LogP contribution in [0, 0.1) is 0 Å². The lowest BCUT2D eigenvalue weighted by atomic mass is 9.92. The minimum atomic E-state index is -1.23. The maximum Gasteiger partial charge on any atom is 0.329 e. The van der Waals surface area contributed by atoms with Crippen molar-refractivity contribution in [1.82, 2.24) is 5.32 Å². The number of carbonyl (C=O) groups excluding carboxylic acids is 1. The Morgan fingerprint density at radius 3 is 2.71 bits per heavy atom. The molecule has 24 heavy (non-hydrogen) atoms. The highest BCUT2D eigenvalue weighted by molar-refractivity contribution is 7.99. The number of amides is 1. The van der Waals surface area contributed by atoms with Crippen LogP contribution in [-0.2, 0) is 16.1 Å². The average molecular weight is 349 g/mol. The highest BCUT2D eigenvalue weighted by Gasteiger charge is 2.42. The van der Waals surface area contributed by atoms with Crippen LogP contribution in [0.1, 0.15) is 29.0 Å². The van der Waals surface area contributed by atoms with E-state index in [4.69, 9.17) is 9.15 Å². The molecule has 0 saturated carbocycles. The van der Waals surface area contributed by atoms with Crippen LogP contribution >= 0.6 is 11.8 Å². The van der Waals surface area contributed by atoms with Gasteiger partial charge in [-0.2, -0.15) is 11.8 Å². The van der Waals surface area contributed by atoms with Crippen LogP contribution < -0.4 is 5.32 Å². The molecule has 1 saturated heterocycles. The lowest BCUT2D eigenvalue weighted by Gasteiger charge is -2.33. The van der Waals surface area contributed by atoms with Crippen molar-refractivity contribution in [3.05, 3.63) is 35.6 Å². The number of rotatable bonds is 5. The van der Waals surface area contributed by atoms with Crippen molar-refractivity contribution in [3.63, 3.8) is 0 Å². The molecule has 2 N–H and O–H groups in total. The van der Waals surface area contributed by atoms with Gasteiger partial charge in [0.05, 0.1) is 6.61 Å². The van der Waals surface area contributed by atoms with E-state index in [0.717, 1.165) is 5.39 Å². The first kappa shape index (κ1) is 16.9. The van der Waals surface area contributed by atoms with Gasteiger partial charge in [0.1, 0.15) is 11.1 Å². The number of thioether (sulfide) groups is 1. The zero-order valence-electron chi connectivity index (χ0n) is 13.3. The van der Waals surface area contributed by atoms with Gasteiger partial charge in [-0.1, -0.05) is 18.2 Å². The molecule has 1 fully saturated rings. The predicted molar refractivity (Wildman–Crippen MR) is 91.3 cm³/mol. The van der Waals surface area contributed by atoms with Crippen LogP contribution in [0.4, 0.5) is 0 Å². The van der Waals surface area contributed by atoms with E-state index < -0.39 is 17.4 Å². The van der Waals surface area contributed by atoms with E-state index in [1.165, 1.54) is 0 Å². The van der Waals surface area contributed by atoms with Crippen LogP contribution in [0.25, 0.3) is 11.0 Å². The standard InChI is InChI=1S/C17H19NO5S/c1-22-10-12-11-4-2-3-5-13(11)23-14(12)15(19)18-17(16(20)21)6-8-24-9-7-17/h2-5H,6-10H2,1H3,(H,18,19)(H,20,21). The summed E-state index contributed by atoms with van der Waals surface area (Å²) in [6, 6.07) is 7.31. The number of fused-ring (bicyclic) bond motifs is 1. The number of hydrogen-bond acceptors (Lipinski definition) is 5. The number of carboxylic acids is 1. The highest BCUT2D eigenvalue weighted by atomic mass is 32.2. The van der Waals surface area contributed by atoms with Gasteiger partial charge in [-0.25, -0.2) is 4.79 Å². The lowest BCUT2D eigenvalue weighted by Crippen LogP contribution is -2.56. The Balaban J connectivity index is 1.95. The molecule has 128 valence electrons. The number of ether oxygens (including phenoxy) is 1. The zero-order valence-corrected chi connectivity index (χ0v) is 14.1. The molecule has 0 bridgehead atoms. The summed E-state index contributed by atoms with van der Waals surface area (Å²) < 4.78 is 10.9. The summed E-state index contributed by atoms with van der Waals surface area (Å²) in [6.45, 7) is 0.218. The molecule has 1 aromatic heterocycles. The van der Waals surface area contributed by atoms with Crippen molar-refractivity contribution in [3.8, 4) is 0 Å². The maximum atomic E-state index is 12.8. The quantitative estimate of drug-likeness (QED) is 0.863. The topological polar surface area (TPSA) is 88.8 Å². The second-order valence-electron chi connectivity index (χ2n) is 5.79. The molecule has 2 heterocycles. The summed E-state index contributed by atoms with van der Waals surface area (Å²) in [6.07, 6.45) is 0.803. The van der Waals surface area contributed by atoms with Gasteiger partial charge in [0.25, 0.3) is 5.91 Å². The molecule has 1 aliphatic heterocycles. The van der Waals surface area contributed by atoms with Gasteiger partial charge < -0.3 is 19.6 Å². The molecule has 0 atom stereocenters. The molecular weight excluding hydrogens is 330 g/mol. The summed E-state index contributed by atoms with van der Waals surface area (Å²) in [5.41, 5.74) is -0.0133. The Morgan fingerprint density at radius 2 is 2.04 bits per heavy atom.